The molecule has 0 aromatic rings. The van der Waals surface area contributed by atoms with E-state index in [4.69, 9.17) is 0 Å². The molecule has 0 fully saturated rings. The standard InChI is InChI=1S/C6H13NOS/c1-4-9(8)7-5-6(2)3/h7H,2,4-5H2,1,3H3. The Morgan fingerprint density at radius 3 is 2.67 bits per heavy atom. The summed E-state index contributed by atoms with van der Waals surface area (Å²) in [6.45, 7) is 8.10. The Morgan fingerprint density at radius 1 is 1.78 bits per heavy atom. The lowest BCUT2D eigenvalue weighted by Gasteiger charge is -1.99. The van der Waals surface area contributed by atoms with E-state index in [2.05, 4.69) is 11.3 Å². The number of hydrogen-bond acceptors (Lipinski definition) is 1. The van der Waals surface area contributed by atoms with Crippen LogP contribution in [0.4, 0.5) is 0 Å². The Bertz CT molecular complexity index is 122. The first-order valence-electron chi connectivity index (χ1n) is 2.93. The maximum absolute atomic E-state index is 10.7. The van der Waals surface area contributed by atoms with Crippen LogP contribution in [0, 0.1) is 0 Å². The van der Waals surface area contributed by atoms with E-state index in [1.54, 1.807) is 0 Å². The van der Waals surface area contributed by atoms with Gasteiger partial charge in [-0.1, -0.05) is 19.1 Å². The molecule has 0 aromatic carbocycles. The van der Waals surface area contributed by atoms with Crippen molar-refractivity contribution in [2.24, 2.45) is 0 Å². The van der Waals surface area contributed by atoms with Crippen molar-refractivity contribution in [3.8, 4) is 0 Å². The molecule has 0 heterocycles. The highest BCUT2D eigenvalue weighted by Crippen LogP contribution is 1.82. The van der Waals surface area contributed by atoms with Crippen LogP contribution >= 0.6 is 0 Å². The monoisotopic (exact) mass is 147 g/mol. The zero-order valence-electron chi connectivity index (χ0n) is 5.94. The van der Waals surface area contributed by atoms with Crippen molar-refractivity contribution in [2.75, 3.05) is 12.3 Å². The molecule has 0 aliphatic rings. The highest BCUT2D eigenvalue weighted by Gasteiger charge is 1.91. The smallest absolute Gasteiger partial charge is 0.0915 e. The molecule has 0 radical (unpaired) electrons. The Hall–Kier alpha value is -0.150. The molecule has 9 heavy (non-hydrogen) atoms. The van der Waals surface area contributed by atoms with Crippen LogP contribution in [0.25, 0.3) is 0 Å². The van der Waals surface area contributed by atoms with E-state index in [0.717, 1.165) is 5.57 Å². The van der Waals surface area contributed by atoms with Gasteiger partial charge < -0.3 is 0 Å². The molecule has 0 aromatic heterocycles. The molecule has 0 spiro atoms. The highest BCUT2D eigenvalue weighted by atomic mass is 32.2. The number of nitrogens with one attached hydrogen (secondary N) is 1. The fourth-order valence-electron chi connectivity index (χ4n) is 0.306. The Morgan fingerprint density at radius 2 is 2.33 bits per heavy atom. The van der Waals surface area contributed by atoms with Crippen molar-refractivity contribution in [1.82, 2.24) is 4.72 Å². The predicted octanol–water partition coefficient (Wildman–Crippen LogP) is 0.836. The number of rotatable bonds is 4. The first kappa shape index (κ1) is 8.85. The maximum atomic E-state index is 10.7. The van der Waals surface area contributed by atoms with Crippen molar-refractivity contribution >= 4 is 11.0 Å². The lowest BCUT2D eigenvalue weighted by molar-refractivity contribution is 0.675. The minimum Gasteiger partial charge on any atom is -0.243 e. The van der Waals surface area contributed by atoms with Gasteiger partial charge in [-0.2, -0.15) is 0 Å². The average molecular weight is 147 g/mol. The largest absolute Gasteiger partial charge is 0.243 e. The second-order valence-corrected chi connectivity index (χ2v) is 3.47. The fraction of sp³-hybridized carbons (Fsp3) is 0.667. The Balaban J connectivity index is 3.28. The van der Waals surface area contributed by atoms with E-state index in [1.165, 1.54) is 0 Å². The molecule has 0 saturated carbocycles. The topological polar surface area (TPSA) is 29.1 Å². The van der Waals surface area contributed by atoms with Gasteiger partial charge in [0, 0.05) is 12.3 Å². The summed E-state index contributed by atoms with van der Waals surface area (Å²) in [5, 5.41) is 0. The summed E-state index contributed by atoms with van der Waals surface area (Å²) in [6, 6.07) is 0. The van der Waals surface area contributed by atoms with Crippen molar-refractivity contribution < 1.29 is 4.21 Å². The first-order valence-corrected chi connectivity index (χ1v) is 4.25. The van der Waals surface area contributed by atoms with Crippen LogP contribution in [0.2, 0.25) is 0 Å². The third kappa shape index (κ3) is 5.73. The summed E-state index contributed by atoms with van der Waals surface area (Å²) in [5.41, 5.74) is 1.01. The molecule has 2 nitrogen and oxygen atoms in total. The molecule has 0 bridgehead atoms. The molecule has 0 aliphatic heterocycles. The normalized spacial score (nSPS) is 13.1. The molecule has 0 amide bonds. The van der Waals surface area contributed by atoms with Gasteiger partial charge in [0.2, 0.25) is 0 Å². The molecule has 1 atom stereocenters. The maximum Gasteiger partial charge on any atom is 0.0915 e. The van der Waals surface area contributed by atoms with Gasteiger partial charge in [0.15, 0.2) is 0 Å². The third-order valence-electron chi connectivity index (χ3n) is 0.797. The zero-order chi connectivity index (χ0) is 7.28. The molecular weight excluding hydrogens is 134 g/mol. The molecule has 1 unspecified atom stereocenters. The molecular formula is C6H13NOS. The second kappa shape index (κ2) is 4.70. The summed E-state index contributed by atoms with van der Waals surface area (Å²) in [7, 11) is -0.858. The molecule has 3 heteroatoms. The van der Waals surface area contributed by atoms with Gasteiger partial charge in [0.25, 0.3) is 0 Å². The van der Waals surface area contributed by atoms with E-state index in [-0.39, 0.29) is 0 Å². The Kier molecular flexibility index (Phi) is 4.62. The minimum absolute atomic E-state index is 0.653. The van der Waals surface area contributed by atoms with Gasteiger partial charge in [0.05, 0.1) is 11.0 Å². The predicted molar refractivity (Wildman–Crippen MR) is 41.5 cm³/mol. The van der Waals surface area contributed by atoms with Crippen LogP contribution in [0.1, 0.15) is 13.8 Å². The van der Waals surface area contributed by atoms with Gasteiger partial charge in [-0.25, -0.2) is 8.93 Å². The SMILES string of the molecule is C=C(C)CNS(=O)CC. The zero-order valence-corrected chi connectivity index (χ0v) is 6.75. The van der Waals surface area contributed by atoms with E-state index < -0.39 is 11.0 Å². The minimum atomic E-state index is -0.858. The van der Waals surface area contributed by atoms with Crippen LogP contribution in [-0.4, -0.2) is 16.5 Å². The molecule has 0 saturated heterocycles. The Labute approximate surface area is 58.9 Å². The van der Waals surface area contributed by atoms with E-state index in [0.29, 0.717) is 12.3 Å². The summed E-state index contributed by atoms with van der Waals surface area (Å²) >= 11 is 0. The molecule has 0 aliphatic carbocycles. The van der Waals surface area contributed by atoms with E-state index >= 15 is 0 Å². The lowest BCUT2D eigenvalue weighted by atomic mass is 10.4. The molecule has 1 N–H and O–H groups in total. The van der Waals surface area contributed by atoms with Gasteiger partial charge in [0.1, 0.15) is 0 Å². The summed E-state index contributed by atoms with van der Waals surface area (Å²) in [4.78, 5) is 0. The van der Waals surface area contributed by atoms with Crippen LogP contribution in [-0.2, 0) is 11.0 Å². The van der Waals surface area contributed by atoms with Crippen LogP contribution in [0.15, 0.2) is 12.2 Å². The van der Waals surface area contributed by atoms with Crippen molar-refractivity contribution in [1.29, 1.82) is 0 Å². The van der Waals surface area contributed by atoms with Crippen LogP contribution in [0.5, 0.6) is 0 Å². The summed E-state index contributed by atoms with van der Waals surface area (Å²) in [6.07, 6.45) is 0. The van der Waals surface area contributed by atoms with Crippen molar-refractivity contribution in [3.05, 3.63) is 12.2 Å². The van der Waals surface area contributed by atoms with Crippen molar-refractivity contribution in [3.63, 3.8) is 0 Å². The second-order valence-electron chi connectivity index (χ2n) is 1.91. The molecule has 54 valence electrons. The highest BCUT2D eigenvalue weighted by molar-refractivity contribution is 7.82. The summed E-state index contributed by atoms with van der Waals surface area (Å²) < 4.78 is 13.5. The van der Waals surface area contributed by atoms with Crippen LogP contribution in [0.3, 0.4) is 0 Å². The van der Waals surface area contributed by atoms with Crippen molar-refractivity contribution in [2.45, 2.75) is 13.8 Å². The quantitative estimate of drug-likeness (QED) is 0.586. The summed E-state index contributed by atoms with van der Waals surface area (Å²) in [5.74, 6) is 0.660. The number of hydrogen-bond donors (Lipinski definition) is 1. The van der Waals surface area contributed by atoms with Gasteiger partial charge >= 0.3 is 0 Å². The van der Waals surface area contributed by atoms with Gasteiger partial charge in [-0.3, -0.25) is 0 Å². The van der Waals surface area contributed by atoms with Gasteiger partial charge in [-0.05, 0) is 6.92 Å². The molecule has 0 rings (SSSR count). The average Bonchev–Trinajstić information content (AvgIpc) is 1.83. The first-order chi connectivity index (χ1) is 4.16. The third-order valence-corrected chi connectivity index (χ3v) is 1.79. The van der Waals surface area contributed by atoms with E-state index in [9.17, 15) is 4.21 Å². The van der Waals surface area contributed by atoms with Crippen LogP contribution < -0.4 is 4.72 Å². The fourth-order valence-corrected chi connectivity index (χ4v) is 0.917. The lowest BCUT2D eigenvalue weighted by Crippen LogP contribution is -2.20. The van der Waals surface area contributed by atoms with E-state index in [1.807, 2.05) is 13.8 Å². The van der Waals surface area contributed by atoms with Gasteiger partial charge in [-0.15, -0.1) is 0 Å².